The fourth-order valence-electron chi connectivity index (χ4n) is 2.87. The van der Waals surface area contributed by atoms with Gasteiger partial charge in [-0.15, -0.1) is 0 Å². The summed E-state index contributed by atoms with van der Waals surface area (Å²) in [4.78, 5) is 4.69. The molecule has 6 nitrogen and oxygen atoms in total. The van der Waals surface area contributed by atoms with Crippen molar-refractivity contribution in [2.75, 3.05) is 28.4 Å². The molecule has 0 unspecified atom stereocenters. The minimum atomic E-state index is 0.0505. The van der Waals surface area contributed by atoms with Crippen molar-refractivity contribution in [1.82, 2.24) is 4.98 Å². The number of pyridine rings is 1. The number of para-hydroxylation sites is 1. The summed E-state index contributed by atoms with van der Waals surface area (Å²) >= 11 is 0. The molecule has 0 amide bonds. The standard InChI is InChI=1S/C21H21NO5/c1-24-17-10-5-7-14(20(17)23)16-9-6-8-15(22-16)13-11-18(25-2)21(27-4)19(12-13)26-3/h5-12,23H,1-4H3. The van der Waals surface area contributed by atoms with Crippen molar-refractivity contribution in [2.45, 2.75) is 0 Å². The van der Waals surface area contributed by atoms with E-state index in [1.54, 1.807) is 33.5 Å². The molecule has 1 heterocycles. The van der Waals surface area contributed by atoms with E-state index in [0.29, 0.717) is 39.9 Å². The summed E-state index contributed by atoms with van der Waals surface area (Å²) in [5.41, 5.74) is 2.71. The van der Waals surface area contributed by atoms with Crippen LogP contribution in [0.4, 0.5) is 0 Å². The van der Waals surface area contributed by atoms with Gasteiger partial charge in [0.25, 0.3) is 0 Å². The van der Waals surface area contributed by atoms with Crippen molar-refractivity contribution in [3.05, 3.63) is 48.5 Å². The quantitative estimate of drug-likeness (QED) is 0.706. The Bertz CT molecular complexity index is 930. The van der Waals surface area contributed by atoms with Crippen molar-refractivity contribution in [3.63, 3.8) is 0 Å². The van der Waals surface area contributed by atoms with E-state index in [1.165, 1.54) is 7.11 Å². The number of hydrogen-bond donors (Lipinski definition) is 1. The van der Waals surface area contributed by atoms with Crippen LogP contribution in [0.5, 0.6) is 28.7 Å². The third kappa shape index (κ3) is 3.46. The molecule has 3 aromatic rings. The molecule has 0 atom stereocenters. The second-order valence-electron chi connectivity index (χ2n) is 5.68. The third-order valence-corrected chi connectivity index (χ3v) is 4.20. The van der Waals surface area contributed by atoms with Gasteiger partial charge in [0.2, 0.25) is 5.75 Å². The zero-order valence-corrected chi connectivity index (χ0v) is 15.6. The summed E-state index contributed by atoms with van der Waals surface area (Å²) in [5, 5.41) is 10.4. The van der Waals surface area contributed by atoms with Crippen LogP contribution < -0.4 is 18.9 Å². The van der Waals surface area contributed by atoms with Crippen LogP contribution in [0, 0.1) is 0 Å². The van der Waals surface area contributed by atoms with Crippen molar-refractivity contribution in [3.8, 4) is 51.3 Å². The summed E-state index contributed by atoms with van der Waals surface area (Å²) in [5.74, 6) is 2.05. The smallest absolute Gasteiger partial charge is 0.203 e. The van der Waals surface area contributed by atoms with Gasteiger partial charge in [0.1, 0.15) is 0 Å². The number of rotatable bonds is 6. The van der Waals surface area contributed by atoms with Gasteiger partial charge >= 0.3 is 0 Å². The molecule has 2 aromatic carbocycles. The van der Waals surface area contributed by atoms with Crippen LogP contribution in [0.3, 0.4) is 0 Å². The Kier molecular flexibility index (Phi) is 5.35. The fourth-order valence-corrected chi connectivity index (χ4v) is 2.87. The summed E-state index contributed by atoms with van der Waals surface area (Å²) in [6.45, 7) is 0. The van der Waals surface area contributed by atoms with Crippen molar-refractivity contribution in [2.24, 2.45) is 0 Å². The minimum absolute atomic E-state index is 0.0505. The lowest BCUT2D eigenvalue weighted by molar-refractivity contribution is 0.324. The number of methoxy groups -OCH3 is 4. The van der Waals surface area contributed by atoms with Gasteiger partial charge in [0.15, 0.2) is 23.0 Å². The first-order valence-electron chi connectivity index (χ1n) is 8.26. The Labute approximate surface area is 157 Å². The number of benzene rings is 2. The molecule has 6 heteroatoms. The molecule has 0 fully saturated rings. The van der Waals surface area contributed by atoms with Crippen LogP contribution in [-0.2, 0) is 0 Å². The van der Waals surface area contributed by atoms with Gasteiger partial charge < -0.3 is 24.1 Å². The molecule has 0 aliphatic carbocycles. The molecule has 1 aromatic heterocycles. The zero-order valence-electron chi connectivity index (χ0n) is 15.6. The molecule has 1 N–H and O–H groups in total. The van der Waals surface area contributed by atoms with Gasteiger partial charge in [-0.3, -0.25) is 0 Å². The highest BCUT2D eigenvalue weighted by Gasteiger charge is 2.16. The van der Waals surface area contributed by atoms with Gasteiger partial charge in [-0.2, -0.15) is 0 Å². The second kappa shape index (κ2) is 7.86. The van der Waals surface area contributed by atoms with Gasteiger partial charge in [-0.1, -0.05) is 12.1 Å². The Morgan fingerprint density at radius 1 is 0.704 bits per heavy atom. The number of nitrogens with zero attached hydrogens (tertiary/aromatic N) is 1. The highest BCUT2D eigenvalue weighted by molar-refractivity contribution is 5.74. The molecule has 0 aliphatic heterocycles. The molecular weight excluding hydrogens is 346 g/mol. The first-order chi connectivity index (χ1) is 13.1. The molecule has 3 rings (SSSR count). The second-order valence-corrected chi connectivity index (χ2v) is 5.68. The topological polar surface area (TPSA) is 70.0 Å². The molecule has 0 aliphatic rings. The number of phenolic OH excluding ortho intramolecular Hbond substituents is 1. The van der Waals surface area contributed by atoms with E-state index in [1.807, 2.05) is 36.4 Å². The summed E-state index contributed by atoms with van der Waals surface area (Å²) in [6, 6.07) is 14.5. The number of aromatic nitrogens is 1. The molecular formula is C21H21NO5. The fraction of sp³-hybridized carbons (Fsp3) is 0.190. The largest absolute Gasteiger partial charge is 0.504 e. The van der Waals surface area contributed by atoms with Gasteiger partial charge in [-0.25, -0.2) is 4.98 Å². The van der Waals surface area contributed by atoms with E-state index in [4.69, 9.17) is 18.9 Å². The Morgan fingerprint density at radius 3 is 1.89 bits per heavy atom. The zero-order chi connectivity index (χ0) is 19.4. The average molecular weight is 367 g/mol. The minimum Gasteiger partial charge on any atom is -0.504 e. The van der Waals surface area contributed by atoms with E-state index in [2.05, 4.69) is 4.98 Å². The lowest BCUT2D eigenvalue weighted by Crippen LogP contribution is -1.96. The predicted octanol–water partition coefficient (Wildman–Crippen LogP) is 4.16. The van der Waals surface area contributed by atoms with Crippen LogP contribution in [0.2, 0.25) is 0 Å². The lowest BCUT2D eigenvalue weighted by atomic mass is 10.1. The third-order valence-electron chi connectivity index (χ3n) is 4.20. The molecule has 0 spiro atoms. The number of aromatic hydroxyl groups is 1. The number of ether oxygens (including phenoxy) is 4. The predicted molar refractivity (Wildman–Crippen MR) is 103 cm³/mol. The Hall–Kier alpha value is -3.41. The van der Waals surface area contributed by atoms with E-state index in [-0.39, 0.29) is 5.75 Å². The van der Waals surface area contributed by atoms with Gasteiger partial charge in [0.05, 0.1) is 39.8 Å². The van der Waals surface area contributed by atoms with Crippen LogP contribution in [0.1, 0.15) is 0 Å². The summed E-state index contributed by atoms with van der Waals surface area (Å²) in [6.07, 6.45) is 0. The molecule has 140 valence electrons. The maximum Gasteiger partial charge on any atom is 0.203 e. The van der Waals surface area contributed by atoms with E-state index < -0.39 is 0 Å². The van der Waals surface area contributed by atoms with E-state index >= 15 is 0 Å². The van der Waals surface area contributed by atoms with Crippen LogP contribution in [0.25, 0.3) is 22.5 Å². The van der Waals surface area contributed by atoms with Crippen molar-refractivity contribution < 1.29 is 24.1 Å². The molecule has 0 saturated heterocycles. The first-order valence-corrected chi connectivity index (χ1v) is 8.26. The van der Waals surface area contributed by atoms with Gasteiger partial charge in [-0.05, 0) is 36.4 Å². The van der Waals surface area contributed by atoms with E-state index in [0.717, 1.165) is 5.56 Å². The monoisotopic (exact) mass is 367 g/mol. The van der Waals surface area contributed by atoms with Gasteiger partial charge in [0, 0.05) is 11.1 Å². The molecule has 0 bridgehead atoms. The average Bonchev–Trinajstić information content (AvgIpc) is 2.72. The van der Waals surface area contributed by atoms with Crippen LogP contribution >= 0.6 is 0 Å². The molecule has 0 saturated carbocycles. The SMILES string of the molecule is COc1cccc(-c2cccc(-c3cc(OC)c(OC)c(OC)c3)n2)c1O. The normalized spacial score (nSPS) is 10.4. The number of hydrogen-bond acceptors (Lipinski definition) is 6. The summed E-state index contributed by atoms with van der Waals surface area (Å²) in [7, 11) is 6.21. The molecule has 27 heavy (non-hydrogen) atoms. The van der Waals surface area contributed by atoms with E-state index in [9.17, 15) is 5.11 Å². The Balaban J connectivity index is 2.12. The lowest BCUT2D eigenvalue weighted by Gasteiger charge is -2.14. The highest BCUT2D eigenvalue weighted by Crippen LogP contribution is 2.41. The first kappa shape index (κ1) is 18.4. The Morgan fingerprint density at radius 2 is 1.30 bits per heavy atom. The summed E-state index contributed by atoms with van der Waals surface area (Å²) < 4.78 is 21.4. The molecule has 0 radical (unpaired) electrons. The van der Waals surface area contributed by atoms with Crippen LogP contribution in [0.15, 0.2) is 48.5 Å². The maximum absolute atomic E-state index is 10.4. The number of phenols is 1. The van der Waals surface area contributed by atoms with Crippen LogP contribution in [-0.4, -0.2) is 38.5 Å². The van der Waals surface area contributed by atoms with Crippen molar-refractivity contribution in [1.29, 1.82) is 0 Å². The highest BCUT2D eigenvalue weighted by atomic mass is 16.5. The van der Waals surface area contributed by atoms with Crippen molar-refractivity contribution >= 4 is 0 Å². The maximum atomic E-state index is 10.4.